The highest BCUT2D eigenvalue weighted by Gasteiger charge is 2.48. The largest absolute Gasteiger partial charge is 0.508 e. The van der Waals surface area contributed by atoms with Crippen LogP contribution in [-0.2, 0) is 4.74 Å². The van der Waals surface area contributed by atoms with Gasteiger partial charge in [-0.25, -0.2) is 9.18 Å². The summed E-state index contributed by atoms with van der Waals surface area (Å²) < 4.78 is 19.8. The van der Waals surface area contributed by atoms with E-state index in [1.807, 2.05) is 0 Å². The second-order valence-electron chi connectivity index (χ2n) is 10.8. The van der Waals surface area contributed by atoms with Crippen molar-refractivity contribution in [3.63, 3.8) is 0 Å². The molecule has 3 aromatic rings. The van der Waals surface area contributed by atoms with E-state index in [1.165, 1.54) is 37.4 Å². The number of Topliss-reactive ketones (excluding diaryl/α,β-unsaturated/α-hetero) is 2. The van der Waals surface area contributed by atoms with Gasteiger partial charge in [-0.1, -0.05) is 36.4 Å². The number of likely N-dealkylation sites (tertiary alicyclic amines) is 2. The van der Waals surface area contributed by atoms with Gasteiger partial charge in [0.25, 0.3) is 0 Å². The molecule has 2 N–H and O–H groups in total. The predicted octanol–water partition coefficient (Wildman–Crippen LogP) is 4.78. The Balaban J connectivity index is 1.62. The van der Waals surface area contributed by atoms with Gasteiger partial charge in [-0.2, -0.15) is 0 Å². The molecule has 2 saturated heterocycles. The molecule has 9 heteroatoms. The topological polar surface area (TPSA) is 107 Å². The molecule has 2 aliphatic rings. The summed E-state index contributed by atoms with van der Waals surface area (Å²) >= 11 is 0. The molecule has 0 saturated carbocycles. The second-order valence-corrected chi connectivity index (χ2v) is 10.8. The standard InChI is InChI=1S/C32H33FN2O6/c1-19-25(10-5-11-28(19)33)29-26(30(38)20-6-3-8-23(36)14-20)17-35(22-12-13-34(16-22)32(40)41-2)18-27(29)31(39)21-7-4-9-24(37)15-21/h3-11,14-15,22,26-27,29,36-37H,12-13,16-18H2,1-2H3. The lowest BCUT2D eigenvalue weighted by atomic mass is 9.67. The highest BCUT2D eigenvalue weighted by molar-refractivity contribution is 6.02. The van der Waals surface area contributed by atoms with E-state index < -0.39 is 29.7 Å². The van der Waals surface area contributed by atoms with Crippen molar-refractivity contribution < 1.29 is 33.7 Å². The van der Waals surface area contributed by atoms with Crippen molar-refractivity contribution in [2.45, 2.75) is 25.3 Å². The zero-order valence-electron chi connectivity index (χ0n) is 23.0. The fourth-order valence-corrected chi connectivity index (χ4v) is 6.38. The van der Waals surface area contributed by atoms with Gasteiger partial charge in [0.05, 0.1) is 7.11 Å². The number of rotatable bonds is 6. The summed E-state index contributed by atoms with van der Waals surface area (Å²) in [5.41, 5.74) is 1.53. The Morgan fingerprint density at radius 1 is 0.854 bits per heavy atom. The van der Waals surface area contributed by atoms with Crippen LogP contribution in [0.4, 0.5) is 9.18 Å². The van der Waals surface area contributed by atoms with Crippen molar-refractivity contribution >= 4 is 17.7 Å². The van der Waals surface area contributed by atoms with Crippen LogP contribution in [0, 0.1) is 24.6 Å². The number of aromatic hydroxyl groups is 2. The minimum absolute atomic E-state index is 0.0566. The molecule has 3 aromatic carbocycles. The minimum atomic E-state index is -0.760. The number of phenols is 2. The lowest BCUT2D eigenvalue weighted by Gasteiger charge is -2.45. The Bertz CT molecular complexity index is 1410. The van der Waals surface area contributed by atoms with Gasteiger partial charge in [-0.05, 0) is 54.8 Å². The number of piperidine rings is 1. The van der Waals surface area contributed by atoms with E-state index in [2.05, 4.69) is 4.90 Å². The fraction of sp³-hybridized carbons (Fsp3) is 0.344. The summed E-state index contributed by atoms with van der Waals surface area (Å²) in [4.78, 5) is 44.3. The van der Waals surface area contributed by atoms with Gasteiger partial charge in [-0.15, -0.1) is 0 Å². The molecule has 0 aliphatic carbocycles. The molecule has 214 valence electrons. The number of ketones is 2. The normalized spacial score (nSPS) is 22.9. The third-order valence-electron chi connectivity index (χ3n) is 8.45. The van der Waals surface area contributed by atoms with Crippen LogP contribution in [0.1, 0.15) is 44.2 Å². The number of hydrogen-bond donors (Lipinski definition) is 2. The van der Waals surface area contributed by atoms with Gasteiger partial charge >= 0.3 is 6.09 Å². The SMILES string of the molecule is COC(=O)N1CCC(N2CC(C(=O)c3cccc(O)c3)C(c3cccc(F)c3C)C(C(=O)c3cccc(O)c3)C2)C1. The second kappa shape index (κ2) is 11.7. The van der Waals surface area contributed by atoms with Crippen LogP contribution in [0.2, 0.25) is 0 Å². The zero-order valence-corrected chi connectivity index (χ0v) is 23.0. The van der Waals surface area contributed by atoms with Crippen LogP contribution in [0.15, 0.2) is 66.7 Å². The summed E-state index contributed by atoms with van der Waals surface area (Å²) in [6.45, 7) is 3.07. The smallest absolute Gasteiger partial charge is 0.409 e. The Labute approximate surface area is 238 Å². The van der Waals surface area contributed by atoms with Crippen LogP contribution in [0.25, 0.3) is 0 Å². The Morgan fingerprint density at radius 3 is 1.95 bits per heavy atom. The molecule has 2 aliphatic heterocycles. The number of nitrogens with zero attached hydrogens (tertiary/aromatic N) is 2. The summed E-state index contributed by atoms with van der Waals surface area (Å²) in [5.74, 6) is -3.27. The van der Waals surface area contributed by atoms with Gasteiger partial charge in [0, 0.05) is 61.1 Å². The van der Waals surface area contributed by atoms with Crippen molar-refractivity contribution in [3.8, 4) is 11.5 Å². The number of carbonyl (C=O) groups is 3. The van der Waals surface area contributed by atoms with Gasteiger partial charge in [0.2, 0.25) is 0 Å². The van der Waals surface area contributed by atoms with E-state index in [1.54, 1.807) is 48.2 Å². The van der Waals surface area contributed by atoms with Gasteiger partial charge in [0.1, 0.15) is 17.3 Å². The van der Waals surface area contributed by atoms with Crippen molar-refractivity contribution in [2.24, 2.45) is 11.8 Å². The van der Waals surface area contributed by atoms with Crippen molar-refractivity contribution in [1.29, 1.82) is 0 Å². The van der Waals surface area contributed by atoms with E-state index in [0.717, 1.165) is 0 Å². The van der Waals surface area contributed by atoms with E-state index in [-0.39, 0.29) is 42.2 Å². The van der Waals surface area contributed by atoms with E-state index in [4.69, 9.17) is 4.74 Å². The number of ether oxygens (including phenoxy) is 1. The van der Waals surface area contributed by atoms with E-state index >= 15 is 0 Å². The third-order valence-corrected chi connectivity index (χ3v) is 8.45. The molecule has 2 fully saturated rings. The molecule has 3 atom stereocenters. The van der Waals surface area contributed by atoms with Crippen LogP contribution >= 0.6 is 0 Å². The average Bonchev–Trinajstić information content (AvgIpc) is 3.47. The highest BCUT2D eigenvalue weighted by Crippen LogP contribution is 2.43. The van der Waals surface area contributed by atoms with Crippen LogP contribution in [0.5, 0.6) is 11.5 Å². The molecule has 5 rings (SSSR count). The van der Waals surface area contributed by atoms with Crippen LogP contribution in [0.3, 0.4) is 0 Å². The summed E-state index contributed by atoms with van der Waals surface area (Å²) in [5, 5.41) is 20.3. The summed E-state index contributed by atoms with van der Waals surface area (Å²) in [6.07, 6.45) is 0.205. The Hall–Kier alpha value is -4.24. The molecule has 0 bridgehead atoms. The quantitative estimate of drug-likeness (QED) is 0.418. The maximum Gasteiger partial charge on any atom is 0.409 e. The zero-order chi connectivity index (χ0) is 29.3. The van der Waals surface area contributed by atoms with E-state index in [0.29, 0.717) is 41.8 Å². The first-order valence-electron chi connectivity index (χ1n) is 13.7. The summed E-state index contributed by atoms with van der Waals surface area (Å²) in [6, 6.07) is 16.8. The lowest BCUT2D eigenvalue weighted by molar-refractivity contribution is 0.0457. The molecule has 41 heavy (non-hydrogen) atoms. The first-order valence-corrected chi connectivity index (χ1v) is 13.7. The average molecular weight is 561 g/mol. The number of phenolic OH excluding ortho intramolecular Hbond substituents is 2. The van der Waals surface area contributed by atoms with Crippen LogP contribution < -0.4 is 0 Å². The maximum absolute atomic E-state index is 14.9. The fourth-order valence-electron chi connectivity index (χ4n) is 6.38. The Morgan fingerprint density at radius 2 is 1.41 bits per heavy atom. The summed E-state index contributed by atoms with van der Waals surface area (Å²) in [7, 11) is 1.33. The van der Waals surface area contributed by atoms with E-state index in [9.17, 15) is 29.0 Å². The predicted molar refractivity (Wildman–Crippen MR) is 150 cm³/mol. The van der Waals surface area contributed by atoms with Gasteiger partial charge in [0.15, 0.2) is 11.6 Å². The lowest BCUT2D eigenvalue weighted by Crippen LogP contribution is -2.54. The number of carbonyl (C=O) groups excluding carboxylic acids is 3. The minimum Gasteiger partial charge on any atom is -0.508 e. The first-order chi connectivity index (χ1) is 19.7. The number of hydrogen-bond acceptors (Lipinski definition) is 7. The molecule has 0 aromatic heterocycles. The molecule has 8 nitrogen and oxygen atoms in total. The Kier molecular flexibility index (Phi) is 8.08. The number of amides is 1. The number of halogens is 1. The maximum atomic E-state index is 14.9. The molecular formula is C32H33FN2O6. The monoisotopic (exact) mass is 560 g/mol. The molecule has 0 radical (unpaired) electrons. The van der Waals surface area contributed by atoms with Crippen LogP contribution in [-0.4, -0.2) is 77.0 Å². The number of methoxy groups -OCH3 is 1. The van der Waals surface area contributed by atoms with Crippen molar-refractivity contribution in [3.05, 3.63) is 94.8 Å². The highest BCUT2D eigenvalue weighted by atomic mass is 19.1. The molecule has 2 heterocycles. The van der Waals surface area contributed by atoms with Crippen molar-refractivity contribution in [2.75, 3.05) is 33.3 Å². The molecule has 0 spiro atoms. The molecular weight excluding hydrogens is 527 g/mol. The number of benzene rings is 3. The van der Waals surface area contributed by atoms with Gasteiger partial charge < -0.3 is 19.8 Å². The first kappa shape index (κ1) is 28.3. The van der Waals surface area contributed by atoms with Gasteiger partial charge in [-0.3, -0.25) is 14.5 Å². The van der Waals surface area contributed by atoms with Crippen molar-refractivity contribution in [1.82, 2.24) is 9.80 Å². The third kappa shape index (κ3) is 5.67. The molecule has 1 amide bonds. The molecule has 3 unspecified atom stereocenters.